The third-order valence-electron chi connectivity index (χ3n) is 4.42. The number of hydrogen-bond donors (Lipinski definition) is 1. The normalized spacial score (nSPS) is 10.6. The van der Waals surface area contributed by atoms with Crippen LogP contribution in [0.3, 0.4) is 0 Å². The maximum absolute atomic E-state index is 10.5. The molecule has 3 nitrogen and oxygen atoms in total. The maximum atomic E-state index is 10.5. The standard InChI is InChI=1S/C22H28O3/c1-2-3-4-5-6-7-8-9-18-10-12-19(13-11-18)20-14-16-21(17-15-20)25-22(23)24/h10-17H,2-9H2,1H3,(H,23,24). The van der Waals surface area contributed by atoms with E-state index in [0.717, 1.165) is 17.5 Å². The van der Waals surface area contributed by atoms with E-state index >= 15 is 0 Å². The Morgan fingerprint density at radius 3 is 1.88 bits per heavy atom. The van der Waals surface area contributed by atoms with Crippen LogP contribution in [0.25, 0.3) is 11.1 Å². The number of hydrogen-bond acceptors (Lipinski definition) is 2. The summed E-state index contributed by atoms with van der Waals surface area (Å²) in [5, 5.41) is 8.60. The predicted molar refractivity (Wildman–Crippen MR) is 102 cm³/mol. The van der Waals surface area contributed by atoms with Crippen LogP contribution in [0.5, 0.6) is 5.75 Å². The van der Waals surface area contributed by atoms with Crippen molar-refractivity contribution in [1.82, 2.24) is 0 Å². The first kappa shape index (κ1) is 19.0. The van der Waals surface area contributed by atoms with Crippen molar-refractivity contribution in [2.24, 2.45) is 0 Å². The van der Waals surface area contributed by atoms with Gasteiger partial charge in [-0.05, 0) is 41.7 Å². The van der Waals surface area contributed by atoms with Crippen LogP contribution in [0.1, 0.15) is 57.4 Å². The first-order valence-electron chi connectivity index (χ1n) is 9.29. The van der Waals surface area contributed by atoms with E-state index < -0.39 is 6.16 Å². The van der Waals surface area contributed by atoms with Gasteiger partial charge < -0.3 is 9.84 Å². The van der Waals surface area contributed by atoms with Crippen molar-refractivity contribution in [3.63, 3.8) is 0 Å². The zero-order valence-electron chi connectivity index (χ0n) is 15.0. The largest absolute Gasteiger partial charge is 0.511 e. The minimum Gasteiger partial charge on any atom is -0.449 e. The number of aryl methyl sites for hydroxylation is 1. The third-order valence-corrected chi connectivity index (χ3v) is 4.42. The lowest BCUT2D eigenvalue weighted by Crippen LogP contribution is -2.02. The molecule has 0 aliphatic heterocycles. The molecule has 0 spiro atoms. The molecule has 0 saturated heterocycles. The molecule has 2 aromatic carbocycles. The van der Waals surface area contributed by atoms with Crippen molar-refractivity contribution in [2.45, 2.75) is 58.3 Å². The van der Waals surface area contributed by atoms with Gasteiger partial charge in [-0.15, -0.1) is 0 Å². The number of benzene rings is 2. The Kier molecular flexibility index (Phi) is 8.03. The van der Waals surface area contributed by atoms with Crippen LogP contribution in [0.2, 0.25) is 0 Å². The molecule has 0 bridgehead atoms. The van der Waals surface area contributed by atoms with Gasteiger partial charge >= 0.3 is 6.16 Å². The molecule has 0 radical (unpaired) electrons. The monoisotopic (exact) mass is 340 g/mol. The van der Waals surface area contributed by atoms with Crippen LogP contribution >= 0.6 is 0 Å². The average Bonchev–Trinajstić information content (AvgIpc) is 2.62. The highest BCUT2D eigenvalue weighted by atomic mass is 16.7. The second-order valence-electron chi connectivity index (χ2n) is 6.46. The summed E-state index contributed by atoms with van der Waals surface area (Å²) in [4.78, 5) is 10.5. The van der Waals surface area contributed by atoms with Gasteiger partial charge in [0, 0.05) is 0 Å². The smallest absolute Gasteiger partial charge is 0.449 e. The lowest BCUT2D eigenvalue weighted by molar-refractivity contribution is 0.144. The van der Waals surface area contributed by atoms with E-state index in [4.69, 9.17) is 5.11 Å². The van der Waals surface area contributed by atoms with Crippen molar-refractivity contribution in [1.29, 1.82) is 0 Å². The number of rotatable bonds is 10. The number of carbonyl (C=O) groups is 1. The van der Waals surface area contributed by atoms with Gasteiger partial charge in [0.05, 0.1) is 0 Å². The fourth-order valence-corrected chi connectivity index (χ4v) is 2.97. The Bertz CT molecular complexity index is 629. The minimum atomic E-state index is -1.29. The number of carboxylic acid groups (broad SMARTS) is 1. The summed E-state index contributed by atoms with van der Waals surface area (Å²) in [5.41, 5.74) is 3.56. The van der Waals surface area contributed by atoms with E-state index in [2.05, 4.69) is 35.9 Å². The first-order valence-corrected chi connectivity index (χ1v) is 9.29. The Balaban J connectivity index is 1.78. The molecule has 0 amide bonds. The van der Waals surface area contributed by atoms with Crippen LogP contribution in [0, 0.1) is 0 Å². The zero-order chi connectivity index (χ0) is 17.9. The van der Waals surface area contributed by atoms with Gasteiger partial charge in [0.2, 0.25) is 0 Å². The molecule has 0 saturated carbocycles. The molecule has 3 heteroatoms. The van der Waals surface area contributed by atoms with Crippen LogP contribution < -0.4 is 4.74 Å². The van der Waals surface area contributed by atoms with Gasteiger partial charge in [-0.2, -0.15) is 0 Å². The molecule has 0 heterocycles. The average molecular weight is 340 g/mol. The van der Waals surface area contributed by atoms with Crippen LogP contribution in [0.4, 0.5) is 4.79 Å². The van der Waals surface area contributed by atoms with E-state index in [1.54, 1.807) is 12.1 Å². The Labute approximate surface area is 150 Å². The van der Waals surface area contributed by atoms with E-state index in [0.29, 0.717) is 5.75 Å². The lowest BCUT2D eigenvalue weighted by atomic mass is 10.0. The molecule has 134 valence electrons. The van der Waals surface area contributed by atoms with Crippen molar-refractivity contribution >= 4 is 6.16 Å². The molecule has 0 aromatic heterocycles. The maximum Gasteiger partial charge on any atom is 0.511 e. The molecule has 1 N–H and O–H groups in total. The Hall–Kier alpha value is -2.29. The molecule has 2 aromatic rings. The summed E-state index contributed by atoms with van der Waals surface area (Å²) < 4.78 is 4.63. The topological polar surface area (TPSA) is 46.5 Å². The number of ether oxygens (including phenoxy) is 1. The second kappa shape index (κ2) is 10.5. The fourth-order valence-electron chi connectivity index (χ4n) is 2.97. The highest BCUT2D eigenvalue weighted by Gasteiger charge is 2.02. The van der Waals surface area contributed by atoms with Gasteiger partial charge in [-0.25, -0.2) is 4.79 Å². The van der Waals surface area contributed by atoms with Gasteiger partial charge in [0.25, 0.3) is 0 Å². The molecular formula is C22H28O3. The molecular weight excluding hydrogens is 312 g/mol. The second-order valence-corrected chi connectivity index (χ2v) is 6.46. The highest BCUT2D eigenvalue weighted by Crippen LogP contribution is 2.23. The fraction of sp³-hybridized carbons (Fsp3) is 0.409. The van der Waals surface area contributed by atoms with E-state index in [1.807, 2.05) is 12.1 Å². The van der Waals surface area contributed by atoms with Crippen LogP contribution in [-0.2, 0) is 6.42 Å². The highest BCUT2D eigenvalue weighted by molar-refractivity contribution is 5.66. The number of unbranched alkanes of at least 4 members (excludes halogenated alkanes) is 6. The predicted octanol–water partition coefficient (Wildman–Crippen LogP) is 6.70. The van der Waals surface area contributed by atoms with Gasteiger partial charge in [0.15, 0.2) is 0 Å². The summed E-state index contributed by atoms with van der Waals surface area (Å²) in [6, 6.07) is 15.7. The molecule has 25 heavy (non-hydrogen) atoms. The molecule has 0 aliphatic carbocycles. The summed E-state index contributed by atoms with van der Waals surface area (Å²) in [6.45, 7) is 2.25. The summed E-state index contributed by atoms with van der Waals surface area (Å²) in [6.07, 6.45) is 9.19. The SMILES string of the molecule is CCCCCCCCCc1ccc(-c2ccc(OC(=O)O)cc2)cc1. The van der Waals surface area contributed by atoms with Gasteiger partial charge in [-0.3, -0.25) is 0 Å². The molecule has 0 atom stereocenters. The van der Waals surface area contributed by atoms with Crippen molar-refractivity contribution in [3.05, 3.63) is 54.1 Å². The van der Waals surface area contributed by atoms with E-state index in [1.165, 1.54) is 50.5 Å². The van der Waals surface area contributed by atoms with Gasteiger partial charge in [-0.1, -0.05) is 81.8 Å². The Morgan fingerprint density at radius 2 is 1.32 bits per heavy atom. The molecule has 0 aliphatic rings. The minimum absolute atomic E-state index is 0.340. The first-order chi connectivity index (χ1) is 12.2. The molecule has 2 rings (SSSR count). The van der Waals surface area contributed by atoms with Crippen molar-refractivity contribution in [3.8, 4) is 16.9 Å². The third kappa shape index (κ3) is 7.00. The summed E-state index contributed by atoms with van der Waals surface area (Å²) >= 11 is 0. The summed E-state index contributed by atoms with van der Waals surface area (Å²) in [7, 11) is 0. The van der Waals surface area contributed by atoms with Gasteiger partial charge in [0.1, 0.15) is 5.75 Å². The van der Waals surface area contributed by atoms with E-state index in [-0.39, 0.29) is 0 Å². The van der Waals surface area contributed by atoms with Crippen molar-refractivity contribution < 1.29 is 14.6 Å². The van der Waals surface area contributed by atoms with Crippen LogP contribution in [-0.4, -0.2) is 11.3 Å². The van der Waals surface area contributed by atoms with Crippen molar-refractivity contribution in [2.75, 3.05) is 0 Å². The quantitative estimate of drug-likeness (QED) is 0.297. The van der Waals surface area contributed by atoms with E-state index in [9.17, 15) is 4.79 Å². The molecule has 0 fully saturated rings. The van der Waals surface area contributed by atoms with Crippen LogP contribution in [0.15, 0.2) is 48.5 Å². The molecule has 0 unspecified atom stereocenters. The Morgan fingerprint density at radius 1 is 0.800 bits per heavy atom. The zero-order valence-corrected chi connectivity index (χ0v) is 15.0. The lowest BCUT2D eigenvalue weighted by Gasteiger charge is -2.06. The summed E-state index contributed by atoms with van der Waals surface area (Å²) in [5.74, 6) is 0.340.